The van der Waals surface area contributed by atoms with Gasteiger partial charge in [0.15, 0.2) is 0 Å². The van der Waals surface area contributed by atoms with Gasteiger partial charge in [-0.3, -0.25) is 9.59 Å². The van der Waals surface area contributed by atoms with Gasteiger partial charge in [-0.25, -0.2) is 0 Å². The molecule has 1 aliphatic rings. The molecule has 4 rings (SSSR count). The fourth-order valence-corrected chi connectivity index (χ4v) is 6.00. The third-order valence-corrected chi connectivity index (χ3v) is 8.06. The number of benzene rings is 3. The molecule has 0 bridgehead atoms. The lowest BCUT2D eigenvalue weighted by Gasteiger charge is -2.32. The van der Waals surface area contributed by atoms with Crippen LogP contribution in [0.25, 0.3) is 0 Å². The van der Waals surface area contributed by atoms with E-state index in [2.05, 4.69) is 5.32 Å². The second-order valence-corrected chi connectivity index (χ2v) is 11.3. The van der Waals surface area contributed by atoms with Gasteiger partial charge in [0, 0.05) is 34.8 Å². The van der Waals surface area contributed by atoms with Gasteiger partial charge in [0.05, 0.1) is 5.75 Å². The summed E-state index contributed by atoms with van der Waals surface area (Å²) in [6.45, 7) is 0.312. The van der Waals surface area contributed by atoms with E-state index in [0.29, 0.717) is 28.8 Å². The minimum atomic E-state index is -0.624. The van der Waals surface area contributed by atoms with Crippen LogP contribution in [-0.2, 0) is 28.3 Å². The second kappa shape index (κ2) is 13.9. The highest BCUT2D eigenvalue weighted by Gasteiger charge is 2.32. The third kappa shape index (κ3) is 8.53. The highest BCUT2D eigenvalue weighted by Crippen LogP contribution is 2.22. The Morgan fingerprint density at radius 3 is 2.16 bits per heavy atom. The largest absolute Gasteiger partial charge is 0.352 e. The van der Waals surface area contributed by atoms with Crippen LogP contribution < -0.4 is 5.32 Å². The standard InChI is InChI=1S/C30H32Cl2N2O2S/c31-25-12-6-10-23(16-25)19-34(29(35)21-37-20-24-11-7-13-26(32)17-24)28(18-22-8-2-1-3-9-22)30(36)33-27-14-4-5-15-27/h1-3,6-13,16-17,27-28H,4-5,14-15,18-21H2,(H,33,36). The van der Waals surface area contributed by atoms with E-state index in [9.17, 15) is 9.59 Å². The molecule has 0 spiro atoms. The van der Waals surface area contributed by atoms with Crippen LogP contribution in [0.15, 0.2) is 78.9 Å². The van der Waals surface area contributed by atoms with Gasteiger partial charge >= 0.3 is 0 Å². The van der Waals surface area contributed by atoms with Crippen LogP contribution in [0.3, 0.4) is 0 Å². The van der Waals surface area contributed by atoms with Gasteiger partial charge in [-0.1, -0.05) is 90.6 Å². The highest BCUT2D eigenvalue weighted by molar-refractivity contribution is 7.99. The zero-order valence-corrected chi connectivity index (χ0v) is 23.1. The monoisotopic (exact) mass is 554 g/mol. The van der Waals surface area contributed by atoms with Crippen LogP contribution in [0, 0.1) is 0 Å². The fourth-order valence-electron chi connectivity index (χ4n) is 4.72. The maximum atomic E-state index is 13.7. The van der Waals surface area contributed by atoms with Crippen molar-refractivity contribution in [3.05, 3.63) is 106 Å². The summed E-state index contributed by atoms with van der Waals surface area (Å²) in [5.41, 5.74) is 2.98. The molecule has 1 aliphatic carbocycles. The summed E-state index contributed by atoms with van der Waals surface area (Å²) in [5.74, 6) is 0.754. The molecule has 0 heterocycles. The summed E-state index contributed by atoms with van der Waals surface area (Å²) in [7, 11) is 0. The first-order valence-electron chi connectivity index (χ1n) is 12.7. The van der Waals surface area contributed by atoms with Gasteiger partial charge in [-0.05, 0) is 53.8 Å². The number of rotatable bonds is 11. The Kier molecular flexibility index (Phi) is 10.4. The third-order valence-electron chi connectivity index (χ3n) is 6.60. The molecular formula is C30H32Cl2N2O2S. The van der Waals surface area contributed by atoms with Crippen LogP contribution >= 0.6 is 35.0 Å². The number of amides is 2. The van der Waals surface area contributed by atoms with E-state index in [4.69, 9.17) is 23.2 Å². The van der Waals surface area contributed by atoms with Gasteiger partial charge in [0.1, 0.15) is 6.04 Å². The van der Waals surface area contributed by atoms with Gasteiger partial charge in [0.25, 0.3) is 0 Å². The van der Waals surface area contributed by atoms with Crippen molar-refractivity contribution in [3.63, 3.8) is 0 Å². The first kappa shape index (κ1) is 27.6. The number of carbonyl (C=O) groups excluding carboxylic acids is 2. The van der Waals surface area contributed by atoms with Crippen molar-refractivity contribution in [3.8, 4) is 0 Å². The lowest BCUT2D eigenvalue weighted by molar-refractivity contribution is -0.139. The van der Waals surface area contributed by atoms with Crippen LogP contribution in [-0.4, -0.2) is 34.6 Å². The Morgan fingerprint density at radius 1 is 0.865 bits per heavy atom. The summed E-state index contributed by atoms with van der Waals surface area (Å²) in [4.78, 5) is 29.1. The SMILES string of the molecule is O=C(NC1CCCC1)C(Cc1ccccc1)N(Cc1cccc(Cl)c1)C(=O)CSCc1cccc(Cl)c1. The smallest absolute Gasteiger partial charge is 0.243 e. The van der Waals surface area contributed by atoms with E-state index in [1.807, 2.05) is 78.9 Å². The van der Waals surface area contributed by atoms with Gasteiger partial charge < -0.3 is 10.2 Å². The Hall–Kier alpha value is -2.47. The van der Waals surface area contributed by atoms with Crippen molar-refractivity contribution in [1.29, 1.82) is 0 Å². The average Bonchev–Trinajstić information content (AvgIpc) is 3.40. The number of nitrogens with one attached hydrogen (secondary N) is 1. The Morgan fingerprint density at radius 2 is 1.49 bits per heavy atom. The van der Waals surface area contributed by atoms with Crippen LogP contribution in [0.2, 0.25) is 10.0 Å². The molecular weight excluding hydrogens is 523 g/mol. The zero-order valence-electron chi connectivity index (χ0n) is 20.7. The number of carbonyl (C=O) groups is 2. The minimum Gasteiger partial charge on any atom is -0.352 e. The summed E-state index contributed by atoms with van der Waals surface area (Å²) < 4.78 is 0. The molecule has 3 aromatic carbocycles. The molecule has 0 radical (unpaired) electrons. The first-order chi connectivity index (χ1) is 18.0. The molecule has 7 heteroatoms. The van der Waals surface area contributed by atoms with Crippen molar-refractivity contribution in [2.45, 2.75) is 56.5 Å². The molecule has 1 N–H and O–H groups in total. The summed E-state index contributed by atoms with van der Waals surface area (Å²) >= 11 is 13.9. The molecule has 4 nitrogen and oxygen atoms in total. The number of nitrogens with zero attached hydrogens (tertiary/aromatic N) is 1. The molecule has 1 atom stereocenters. The van der Waals surface area contributed by atoms with E-state index in [-0.39, 0.29) is 23.6 Å². The highest BCUT2D eigenvalue weighted by atomic mass is 35.5. The zero-order chi connectivity index (χ0) is 26.0. The Bertz CT molecular complexity index is 1180. The van der Waals surface area contributed by atoms with Crippen LogP contribution in [0.5, 0.6) is 0 Å². The van der Waals surface area contributed by atoms with E-state index < -0.39 is 6.04 Å². The summed E-state index contributed by atoms with van der Waals surface area (Å²) in [5, 5.41) is 4.53. The number of halogens is 2. The molecule has 37 heavy (non-hydrogen) atoms. The van der Waals surface area contributed by atoms with Crippen molar-refractivity contribution in [2.24, 2.45) is 0 Å². The van der Waals surface area contributed by atoms with Crippen LogP contribution in [0.4, 0.5) is 0 Å². The molecule has 0 saturated heterocycles. The predicted octanol–water partition coefficient (Wildman–Crippen LogP) is 6.93. The van der Waals surface area contributed by atoms with E-state index in [0.717, 1.165) is 42.4 Å². The molecule has 1 unspecified atom stereocenters. The Balaban J connectivity index is 1.56. The van der Waals surface area contributed by atoms with Crippen molar-refractivity contribution in [2.75, 3.05) is 5.75 Å². The van der Waals surface area contributed by atoms with Crippen molar-refractivity contribution >= 4 is 46.8 Å². The second-order valence-electron chi connectivity index (χ2n) is 9.47. The van der Waals surface area contributed by atoms with Crippen molar-refractivity contribution in [1.82, 2.24) is 10.2 Å². The fraction of sp³-hybridized carbons (Fsp3) is 0.333. The maximum absolute atomic E-state index is 13.7. The molecule has 2 amide bonds. The quantitative estimate of drug-likeness (QED) is 0.279. The normalized spacial score (nSPS) is 14.3. The number of hydrogen-bond donors (Lipinski definition) is 1. The number of thioether (sulfide) groups is 1. The molecule has 0 aromatic heterocycles. The summed E-state index contributed by atoms with van der Waals surface area (Å²) in [6, 6.07) is 24.6. The molecule has 1 saturated carbocycles. The van der Waals surface area contributed by atoms with Gasteiger partial charge in [0.2, 0.25) is 11.8 Å². The maximum Gasteiger partial charge on any atom is 0.243 e. The lowest BCUT2D eigenvalue weighted by atomic mass is 10.0. The van der Waals surface area contributed by atoms with Crippen molar-refractivity contribution < 1.29 is 9.59 Å². The molecule has 1 fully saturated rings. The predicted molar refractivity (Wildman–Crippen MR) is 154 cm³/mol. The first-order valence-corrected chi connectivity index (χ1v) is 14.6. The Labute approximate surface area is 233 Å². The summed E-state index contributed by atoms with van der Waals surface area (Å²) in [6.07, 6.45) is 4.67. The van der Waals surface area contributed by atoms with E-state index >= 15 is 0 Å². The minimum absolute atomic E-state index is 0.0745. The van der Waals surface area contributed by atoms with Gasteiger partial charge in [-0.15, -0.1) is 11.8 Å². The number of hydrogen-bond acceptors (Lipinski definition) is 3. The topological polar surface area (TPSA) is 49.4 Å². The van der Waals surface area contributed by atoms with E-state index in [1.54, 1.807) is 4.90 Å². The van der Waals surface area contributed by atoms with E-state index in [1.165, 1.54) is 11.8 Å². The van der Waals surface area contributed by atoms with Crippen LogP contribution in [0.1, 0.15) is 42.4 Å². The lowest BCUT2D eigenvalue weighted by Crippen LogP contribution is -2.52. The molecule has 0 aliphatic heterocycles. The van der Waals surface area contributed by atoms with Gasteiger partial charge in [-0.2, -0.15) is 0 Å². The molecule has 194 valence electrons. The average molecular weight is 556 g/mol. The molecule has 3 aromatic rings.